The lowest BCUT2D eigenvalue weighted by Crippen LogP contribution is -2.55. The third-order valence-electron chi connectivity index (χ3n) is 10.9. The Hall–Kier alpha value is -5.58. The van der Waals surface area contributed by atoms with Crippen LogP contribution in [0.15, 0.2) is 10.3 Å². The highest BCUT2D eigenvalue weighted by molar-refractivity contribution is 5.88. The Morgan fingerprint density at radius 2 is 0.933 bits per heavy atom. The van der Waals surface area contributed by atoms with Gasteiger partial charge < -0.3 is 88.3 Å². The fraction of sp³-hybridized carbons (Fsp3) is 0.792. The number of nitrogens with two attached hydrogens (primary N) is 1. The van der Waals surface area contributed by atoms with Crippen molar-refractivity contribution in [2.45, 2.75) is 141 Å². The smallest absolute Gasteiger partial charge is 0.246 e. The number of nitrogens with zero attached hydrogens (tertiary/aromatic N) is 2. The van der Waals surface area contributed by atoms with Crippen LogP contribution in [0, 0.1) is 0 Å². The molecule has 0 rings (SSSR count). The van der Waals surface area contributed by atoms with E-state index < -0.39 is 29.1 Å². The number of nitrogens with one attached hydrogen (secondary N) is 10. The van der Waals surface area contributed by atoms with Crippen LogP contribution in [0.3, 0.4) is 0 Å². The van der Waals surface area contributed by atoms with E-state index in [4.69, 9.17) is 35.1 Å². The first kappa shape index (κ1) is 69.4. The molecule has 0 aromatic heterocycles. The minimum atomic E-state index is -0.790. The first-order valence-electron chi connectivity index (χ1n) is 25.9. The number of primary amides is 1. The molecular formula is C48H91N13O14. The Labute approximate surface area is 442 Å². The van der Waals surface area contributed by atoms with Gasteiger partial charge in [0.05, 0.1) is 75.2 Å². The van der Waals surface area contributed by atoms with Crippen molar-refractivity contribution in [3.63, 3.8) is 0 Å². The number of carbonyl (C=O) groups is 8. The number of unbranched alkanes of at least 4 members (excludes halogenated alkanes) is 2. The molecular weight excluding hydrogens is 983 g/mol. The van der Waals surface area contributed by atoms with Crippen LogP contribution < -0.4 is 58.9 Å². The van der Waals surface area contributed by atoms with Gasteiger partial charge in [0.1, 0.15) is 19.3 Å². The number of rotatable bonds is 48. The van der Waals surface area contributed by atoms with Gasteiger partial charge in [0, 0.05) is 71.5 Å². The molecule has 27 heteroatoms. The number of carbonyl (C=O) groups excluding carboxylic acids is 8. The van der Waals surface area contributed by atoms with Crippen molar-refractivity contribution < 1.29 is 67.7 Å². The van der Waals surface area contributed by atoms with Crippen LogP contribution in [-0.2, 0) is 57.3 Å². The van der Waals surface area contributed by atoms with Gasteiger partial charge in [-0.15, -0.1) is 10.3 Å². The van der Waals surface area contributed by atoms with Crippen LogP contribution >= 0.6 is 0 Å². The minimum Gasteiger partial charge on any atom is -0.411 e. The van der Waals surface area contributed by atoms with Gasteiger partial charge in [0.25, 0.3) is 0 Å². The largest absolute Gasteiger partial charge is 0.411 e. The Balaban J connectivity index is 4.13. The first-order chi connectivity index (χ1) is 35.8. The second kappa shape index (κ2) is 43.6. The second-order valence-electron chi connectivity index (χ2n) is 18.6. The quantitative estimate of drug-likeness (QED) is 0.0136. The summed E-state index contributed by atoms with van der Waals surface area (Å²) in [4.78, 5) is 98.1. The zero-order chi connectivity index (χ0) is 56.2. The van der Waals surface area contributed by atoms with Crippen LogP contribution in [-0.4, -0.2) is 205 Å². The average molecular weight is 1070 g/mol. The molecule has 0 heterocycles. The maximum absolute atomic E-state index is 12.9. The predicted molar refractivity (Wildman–Crippen MR) is 280 cm³/mol. The van der Waals surface area contributed by atoms with Crippen molar-refractivity contribution in [3.8, 4) is 0 Å². The van der Waals surface area contributed by atoms with Crippen LogP contribution in [0.2, 0.25) is 0 Å². The summed E-state index contributed by atoms with van der Waals surface area (Å²) in [7, 11) is 1.67. The lowest BCUT2D eigenvalue weighted by Gasteiger charge is -2.29. The van der Waals surface area contributed by atoms with E-state index in [0.717, 1.165) is 6.42 Å². The standard InChI is InChI=1S/C48H91N13O14/c1-7-51-46(69)38(61-42(65)19-13-18-41(64)60-36(30-56-47(2,3)34-58-70)31-57-48(4,5)35-59-71)15-9-11-20-52-39(62)16-12-17-40(63)54-22-24-72-26-29-75-33-44(67)55-23-25-73-27-28-74-32-43(66)53-21-10-8-14-37(50-6)45(49)68/h34-38,50,56-57,70-71H,7-33H2,1-6H3,(H2,49,68)(H,51,69)(H,52,62)(H,53,66)(H,54,63)(H,55,67)(H,60,64)(H,61,65)/b58-34+,59-35+/t37-,38-/m0/s1. The van der Waals surface area contributed by atoms with Crippen molar-refractivity contribution in [2.24, 2.45) is 16.0 Å². The lowest BCUT2D eigenvalue weighted by molar-refractivity contribution is -0.129. The fourth-order valence-electron chi connectivity index (χ4n) is 6.68. The highest BCUT2D eigenvalue weighted by Gasteiger charge is 2.24. The van der Waals surface area contributed by atoms with Crippen LogP contribution in [0.25, 0.3) is 0 Å². The lowest BCUT2D eigenvalue weighted by atomic mass is 10.1. The van der Waals surface area contributed by atoms with Crippen molar-refractivity contribution in [1.82, 2.24) is 53.2 Å². The molecule has 75 heavy (non-hydrogen) atoms. The molecule has 432 valence electrons. The number of ether oxygens (including phenoxy) is 4. The fourth-order valence-corrected chi connectivity index (χ4v) is 6.68. The molecule has 0 aliphatic carbocycles. The van der Waals surface area contributed by atoms with E-state index >= 15 is 0 Å². The minimum absolute atomic E-state index is 0.0148. The summed E-state index contributed by atoms with van der Waals surface area (Å²) in [5, 5.41) is 52.8. The van der Waals surface area contributed by atoms with Gasteiger partial charge in [-0.3, -0.25) is 38.4 Å². The first-order valence-corrected chi connectivity index (χ1v) is 25.9. The number of likely N-dealkylation sites (N-methyl/N-ethyl adjacent to an activating group) is 2. The molecule has 0 aromatic carbocycles. The molecule has 8 amide bonds. The SMILES string of the molecule is CCNC(=O)[C@H](CCCCNC(=O)CCCC(=O)NCCOCCOCC(=O)NCCOCCOCC(=O)NCCCC[C@H](NC)C(N)=O)NC(=O)CCCC(=O)NC(CNC(C)(C)/C=N/O)CNC(C)(C)/C=N/O. The van der Waals surface area contributed by atoms with E-state index in [1.165, 1.54) is 12.4 Å². The Morgan fingerprint density at radius 1 is 0.520 bits per heavy atom. The number of amides is 8. The molecule has 14 N–H and O–H groups in total. The van der Waals surface area contributed by atoms with Gasteiger partial charge in [0.15, 0.2) is 0 Å². The maximum Gasteiger partial charge on any atom is 0.246 e. The van der Waals surface area contributed by atoms with Crippen molar-refractivity contribution in [1.29, 1.82) is 0 Å². The molecule has 0 saturated heterocycles. The van der Waals surface area contributed by atoms with Gasteiger partial charge in [0.2, 0.25) is 47.3 Å². The Bertz CT molecular complexity index is 1680. The molecule has 27 nitrogen and oxygen atoms in total. The van der Waals surface area contributed by atoms with E-state index in [9.17, 15) is 38.4 Å². The molecule has 0 bridgehead atoms. The molecule has 0 spiro atoms. The maximum atomic E-state index is 12.9. The molecule has 0 fully saturated rings. The van der Waals surface area contributed by atoms with E-state index in [1.807, 2.05) is 0 Å². The molecule has 0 aromatic rings. The van der Waals surface area contributed by atoms with Gasteiger partial charge in [-0.05, 0) is 93.0 Å². The van der Waals surface area contributed by atoms with Gasteiger partial charge in [-0.25, -0.2) is 0 Å². The second-order valence-corrected chi connectivity index (χ2v) is 18.6. The zero-order valence-corrected chi connectivity index (χ0v) is 45.2. The summed E-state index contributed by atoms with van der Waals surface area (Å²) in [6.45, 7) is 12.4. The zero-order valence-electron chi connectivity index (χ0n) is 45.2. The third kappa shape index (κ3) is 41.4. The Morgan fingerprint density at radius 3 is 1.39 bits per heavy atom. The summed E-state index contributed by atoms with van der Waals surface area (Å²) >= 11 is 0. The van der Waals surface area contributed by atoms with Gasteiger partial charge >= 0.3 is 0 Å². The van der Waals surface area contributed by atoms with Crippen molar-refractivity contribution in [3.05, 3.63) is 0 Å². The highest BCUT2D eigenvalue weighted by atomic mass is 16.5. The average Bonchev–Trinajstić information content (AvgIpc) is 3.34. The predicted octanol–water partition coefficient (Wildman–Crippen LogP) is -1.97. The molecule has 0 aliphatic heterocycles. The molecule has 0 aliphatic rings. The van der Waals surface area contributed by atoms with Crippen molar-refractivity contribution in [2.75, 3.05) is 106 Å². The number of hydrogen-bond donors (Lipinski definition) is 13. The summed E-state index contributed by atoms with van der Waals surface area (Å²) < 4.78 is 21.4. The Kier molecular flexibility index (Phi) is 40.4. The third-order valence-corrected chi connectivity index (χ3v) is 10.9. The van der Waals surface area contributed by atoms with Gasteiger partial charge in [-0.2, -0.15) is 0 Å². The molecule has 0 unspecified atom stereocenters. The summed E-state index contributed by atoms with van der Waals surface area (Å²) in [6, 6.07) is -1.58. The van der Waals surface area contributed by atoms with E-state index in [0.29, 0.717) is 71.2 Å². The summed E-state index contributed by atoms with van der Waals surface area (Å²) in [5.41, 5.74) is 3.95. The van der Waals surface area contributed by atoms with Crippen LogP contribution in [0.4, 0.5) is 0 Å². The summed E-state index contributed by atoms with van der Waals surface area (Å²) in [6.07, 6.45) is 7.08. The molecule has 0 radical (unpaired) electrons. The van der Waals surface area contributed by atoms with E-state index in [2.05, 4.69) is 63.5 Å². The topological polar surface area (TPSA) is 385 Å². The summed E-state index contributed by atoms with van der Waals surface area (Å²) in [5.74, 6) is -2.40. The normalized spacial score (nSPS) is 12.6. The number of hydrogen-bond acceptors (Lipinski definition) is 19. The van der Waals surface area contributed by atoms with E-state index in [-0.39, 0.29) is 145 Å². The highest BCUT2D eigenvalue weighted by Crippen LogP contribution is 2.06. The van der Waals surface area contributed by atoms with Crippen molar-refractivity contribution >= 4 is 59.7 Å². The molecule has 0 saturated carbocycles. The van der Waals surface area contributed by atoms with Gasteiger partial charge in [-0.1, -0.05) is 0 Å². The monoisotopic (exact) mass is 1070 g/mol. The van der Waals surface area contributed by atoms with Crippen LogP contribution in [0.5, 0.6) is 0 Å². The number of oxime groups is 2. The van der Waals surface area contributed by atoms with E-state index in [1.54, 1.807) is 41.7 Å². The van der Waals surface area contributed by atoms with Crippen LogP contribution in [0.1, 0.15) is 112 Å². The molecule has 2 atom stereocenters.